The SMILES string of the molecule is Cc1ccc2c(c1)c(-c1noc(C)n1)c1n2C[C@@](NC(=O)c2ccc(-n3cnnc3)cc2Cl)(c2ccccc2)CC1. The highest BCUT2D eigenvalue weighted by Gasteiger charge is 2.40. The van der Waals surface area contributed by atoms with E-state index in [0.717, 1.165) is 39.0 Å². The molecule has 1 amide bonds. The predicted molar refractivity (Wildman–Crippen MR) is 155 cm³/mol. The topological polar surface area (TPSA) is 104 Å². The minimum absolute atomic E-state index is 0.237. The van der Waals surface area contributed by atoms with Crippen molar-refractivity contribution >= 4 is 28.4 Å². The molecule has 0 bridgehead atoms. The van der Waals surface area contributed by atoms with Crippen molar-refractivity contribution in [1.29, 1.82) is 0 Å². The number of aromatic nitrogens is 6. The van der Waals surface area contributed by atoms with Crippen LogP contribution < -0.4 is 5.32 Å². The Balaban J connectivity index is 1.32. The summed E-state index contributed by atoms with van der Waals surface area (Å²) >= 11 is 6.65. The monoisotopic (exact) mass is 563 g/mol. The van der Waals surface area contributed by atoms with Gasteiger partial charge in [0, 0.05) is 29.2 Å². The van der Waals surface area contributed by atoms with Gasteiger partial charge in [-0.25, -0.2) is 0 Å². The summed E-state index contributed by atoms with van der Waals surface area (Å²) in [5.74, 6) is 0.872. The molecule has 1 N–H and O–H groups in total. The van der Waals surface area contributed by atoms with E-state index in [1.54, 1.807) is 36.3 Å². The lowest BCUT2D eigenvalue weighted by atomic mass is 9.81. The second kappa shape index (κ2) is 9.71. The van der Waals surface area contributed by atoms with E-state index in [1.165, 1.54) is 0 Å². The first-order valence-electron chi connectivity index (χ1n) is 13.4. The molecular formula is C31H26ClN7O2. The molecule has 3 aromatic carbocycles. The van der Waals surface area contributed by atoms with E-state index in [-0.39, 0.29) is 5.91 Å². The van der Waals surface area contributed by atoms with Crippen LogP contribution in [0, 0.1) is 13.8 Å². The Morgan fingerprint density at radius 3 is 2.56 bits per heavy atom. The molecule has 1 atom stereocenters. The number of nitrogens with zero attached hydrogens (tertiary/aromatic N) is 6. The van der Waals surface area contributed by atoms with Crippen LogP contribution in [-0.2, 0) is 18.5 Å². The Bertz CT molecular complexity index is 1910. The van der Waals surface area contributed by atoms with Crippen molar-refractivity contribution in [2.24, 2.45) is 0 Å². The van der Waals surface area contributed by atoms with E-state index in [1.807, 2.05) is 24.3 Å². The van der Waals surface area contributed by atoms with Gasteiger partial charge in [0.25, 0.3) is 5.91 Å². The van der Waals surface area contributed by atoms with Crippen molar-refractivity contribution in [2.45, 2.75) is 38.8 Å². The van der Waals surface area contributed by atoms with Crippen molar-refractivity contribution in [3.05, 3.63) is 113 Å². The molecule has 0 aliphatic carbocycles. The number of amides is 1. The molecule has 6 aromatic rings. The van der Waals surface area contributed by atoms with Gasteiger partial charge in [0.15, 0.2) is 0 Å². The lowest BCUT2D eigenvalue weighted by molar-refractivity contribution is 0.0868. The zero-order valence-electron chi connectivity index (χ0n) is 22.5. The summed E-state index contributed by atoms with van der Waals surface area (Å²) in [4.78, 5) is 18.5. The van der Waals surface area contributed by atoms with Gasteiger partial charge in [0.2, 0.25) is 11.7 Å². The van der Waals surface area contributed by atoms with Crippen molar-refractivity contribution in [2.75, 3.05) is 0 Å². The van der Waals surface area contributed by atoms with Crippen LogP contribution >= 0.6 is 11.6 Å². The highest BCUT2D eigenvalue weighted by molar-refractivity contribution is 6.34. The lowest BCUT2D eigenvalue weighted by Gasteiger charge is -2.40. The van der Waals surface area contributed by atoms with Crippen LogP contribution in [0.25, 0.3) is 28.0 Å². The summed E-state index contributed by atoms with van der Waals surface area (Å²) in [5.41, 5.74) is 5.85. The van der Waals surface area contributed by atoms with Crippen molar-refractivity contribution < 1.29 is 9.32 Å². The quantitative estimate of drug-likeness (QED) is 0.284. The summed E-state index contributed by atoms with van der Waals surface area (Å²) in [6.07, 6.45) is 4.55. The largest absolute Gasteiger partial charge is 0.341 e. The molecule has 0 saturated carbocycles. The average Bonchev–Trinajstić information content (AvgIpc) is 3.72. The van der Waals surface area contributed by atoms with Gasteiger partial charge in [-0.2, -0.15) is 4.98 Å². The molecule has 1 aliphatic rings. The van der Waals surface area contributed by atoms with E-state index in [9.17, 15) is 4.79 Å². The molecule has 3 aromatic heterocycles. The minimum atomic E-state index is -0.678. The molecule has 0 saturated heterocycles. The molecule has 4 heterocycles. The maximum atomic E-state index is 13.9. The third-order valence-corrected chi connectivity index (χ3v) is 8.20. The smallest absolute Gasteiger partial charge is 0.253 e. The van der Waals surface area contributed by atoms with Crippen LogP contribution in [0.2, 0.25) is 5.02 Å². The summed E-state index contributed by atoms with van der Waals surface area (Å²) < 4.78 is 9.40. The number of halogens is 1. The van der Waals surface area contributed by atoms with Gasteiger partial charge in [-0.05, 0) is 55.7 Å². The maximum Gasteiger partial charge on any atom is 0.253 e. The number of hydrogen-bond donors (Lipinski definition) is 1. The number of benzene rings is 3. The third-order valence-electron chi connectivity index (χ3n) is 7.89. The molecule has 7 rings (SSSR count). The summed E-state index contributed by atoms with van der Waals surface area (Å²) in [7, 11) is 0. The van der Waals surface area contributed by atoms with Crippen molar-refractivity contribution in [1.82, 2.24) is 34.8 Å². The second-order valence-corrected chi connectivity index (χ2v) is 10.9. The van der Waals surface area contributed by atoms with Gasteiger partial charge in [-0.15, -0.1) is 10.2 Å². The number of carbonyl (C=O) groups excluding carboxylic acids is 1. The molecule has 9 nitrogen and oxygen atoms in total. The predicted octanol–water partition coefficient (Wildman–Crippen LogP) is 5.81. The van der Waals surface area contributed by atoms with Crippen LogP contribution in [0.1, 0.15) is 39.5 Å². The van der Waals surface area contributed by atoms with Gasteiger partial charge in [0.1, 0.15) is 12.7 Å². The van der Waals surface area contributed by atoms with Gasteiger partial charge in [0.05, 0.1) is 28.2 Å². The van der Waals surface area contributed by atoms with Gasteiger partial charge < -0.3 is 14.4 Å². The highest BCUT2D eigenvalue weighted by atomic mass is 35.5. The number of fused-ring (bicyclic) bond motifs is 3. The molecule has 1 aliphatic heterocycles. The first kappa shape index (κ1) is 25.2. The number of nitrogens with one attached hydrogen (secondary N) is 1. The highest BCUT2D eigenvalue weighted by Crippen LogP contribution is 2.42. The third kappa shape index (κ3) is 4.29. The van der Waals surface area contributed by atoms with Crippen LogP contribution in [0.3, 0.4) is 0 Å². The molecule has 41 heavy (non-hydrogen) atoms. The Labute approximate surface area is 240 Å². The zero-order valence-corrected chi connectivity index (χ0v) is 23.3. The number of aryl methyl sites for hydroxylation is 2. The minimum Gasteiger partial charge on any atom is -0.341 e. The summed E-state index contributed by atoms with van der Waals surface area (Å²) in [6, 6.07) is 21.9. The molecule has 0 fully saturated rings. The Hall–Kier alpha value is -4.76. The molecule has 204 valence electrons. The van der Waals surface area contributed by atoms with Crippen LogP contribution in [0.15, 0.2) is 83.9 Å². The van der Waals surface area contributed by atoms with Gasteiger partial charge in [-0.1, -0.05) is 58.7 Å². The van der Waals surface area contributed by atoms with E-state index in [2.05, 4.69) is 67.5 Å². The molecule has 10 heteroatoms. The molecular weight excluding hydrogens is 538 g/mol. The van der Waals surface area contributed by atoms with E-state index in [4.69, 9.17) is 16.1 Å². The second-order valence-electron chi connectivity index (χ2n) is 10.5. The normalized spacial score (nSPS) is 16.6. The summed E-state index contributed by atoms with van der Waals surface area (Å²) in [5, 5.41) is 16.8. The van der Waals surface area contributed by atoms with Crippen LogP contribution in [-0.4, -0.2) is 35.4 Å². The molecule has 0 spiro atoms. The number of carbonyl (C=O) groups is 1. The van der Waals surface area contributed by atoms with E-state index >= 15 is 0 Å². The van der Waals surface area contributed by atoms with Crippen molar-refractivity contribution in [3.63, 3.8) is 0 Å². The zero-order chi connectivity index (χ0) is 28.1. The number of hydrogen-bond acceptors (Lipinski definition) is 6. The Morgan fingerprint density at radius 2 is 1.83 bits per heavy atom. The fourth-order valence-corrected chi connectivity index (χ4v) is 6.19. The van der Waals surface area contributed by atoms with Crippen molar-refractivity contribution in [3.8, 4) is 17.1 Å². The van der Waals surface area contributed by atoms with Crippen LogP contribution in [0.4, 0.5) is 0 Å². The van der Waals surface area contributed by atoms with E-state index in [0.29, 0.717) is 41.7 Å². The first-order chi connectivity index (χ1) is 19.9. The molecule has 0 radical (unpaired) electrons. The first-order valence-corrected chi connectivity index (χ1v) is 13.7. The summed E-state index contributed by atoms with van der Waals surface area (Å²) in [6.45, 7) is 4.41. The van der Waals surface area contributed by atoms with E-state index < -0.39 is 5.54 Å². The Kier molecular flexibility index (Phi) is 5.97. The van der Waals surface area contributed by atoms with Gasteiger partial charge >= 0.3 is 0 Å². The average molecular weight is 564 g/mol. The lowest BCUT2D eigenvalue weighted by Crippen LogP contribution is -2.51. The fraction of sp³-hybridized carbons (Fsp3) is 0.194. The maximum absolute atomic E-state index is 13.9. The van der Waals surface area contributed by atoms with Gasteiger partial charge in [-0.3, -0.25) is 9.36 Å². The number of rotatable bonds is 5. The Morgan fingerprint density at radius 1 is 1.02 bits per heavy atom. The standard InChI is InChI=1S/C31H26ClN7O2/c1-19-8-11-26-24(14-19)28(29-35-20(2)41-37-29)27-12-13-31(16-39(26)27,21-6-4-3-5-7-21)36-30(40)23-10-9-22(15-25(23)32)38-17-33-34-18-38/h3-11,14-15,17-18H,12-13,16H2,1-2H3,(H,36,40)/t31-/m1/s1. The van der Waals surface area contributed by atoms with Crippen LogP contribution in [0.5, 0.6) is 0 Å². The molecule has 0 unspecified atom stereocenters. The fourth-order valence-electron chi connectivity index (χ4n) is 5.93.